The van der Waals surface area contributed by atoms with Crippen LogP contribution >= 0.6 is 0 Å². The van der Waals surface area contributed by atoms with Gasteiger partial charge in [0.2, 0.25) is 5.91 Å². The van der Waals surface area contributed by atoms with E-state index in [0.29, 0.717) is 17.7 Å². The van der Waals surface area contributed by atoms with E-state index in [0.717, 1.165) is 0 Å². The van der Waals surface area contributed by atoms with Crippen LogP contribution in [0, 0.1) is 12.8 Å². The van der Waals surface area contributed by atoms with E-state index in [1.807, 2.05) is 0 Å². The highest BCUT2D eigenvalue weighted by Gasteiger charge is 2.47. The molecule has 2 aromatic rings. The summed E-state index contributed by atoms with van der Waals surface area (Å²) in [6.07, 6.45) is -4.39. The molecule has 0 bridgehead atoms. The zero-order valence-electron chi connectivity index (χ0n) is 15.1. The molecule has 0 saturated heterocycles. The van der Waals surface area contributed by atoms with E-state index in [2.05, 4.69) is 4.74 Å². The van der Waals surface area contributed by atoms with Gasteiger partial charge in [-0.25, -0.2) is 4.79 Å². The van der Waals surface area contributed by atoms with Crippen molar-refractivity contribution in [3.8, 4) is 5.75 Å². The van der Waals surface area contributed by atoms with Crippen LogP contribution in [0.1, 0.15) is 39.8 Å². The van der Waals surface area contributed by atoms with Gasteiger partial charge in [0.25, 0.3) is 0 Å². The Morgan fingerprint density at radius 3 is 2.61 bits per heavy atom. The van der Waals surface area contributed by atoms with Crippen LogP contribution in [0.15, 0.2) is 34.7 Å². The molecule has 28 heavy (non-hydrogen) atoms. The largest absolute Gasteiger partial charge is 0.573 e. The fourth-order valence-corrected chi connectivity index (χ4v) is 3.24. The standard InChI is InChI=1S/C19H18F3NO5/c1-10-13(18(25)26)7-11(27-10)9-23(2)17(24)15-8-14(15)12-5-3-4-6-16(12)28-19(20,21)22/h3-7,14-15H,8-9H2,1-2H3,(H,25,26)/t14-,15+/m1/s1. The van der Waals surface area contributed by atoms with Crippen LogP contribution in [-0.4, -0.2) is 35.3 Å². The highest BCUT2D eigenvalue weighted by molar-refractivity contribution is 5.89. The first-order chi connectivity index (χ1) is 13.1. The first-order valence-electron chi connectivity index (χ1n) is 8.49. The zero-order chi connectivity index (χ0) is 20.6. The Hall–Kier alpha value is -2.97. The number of para-hydroxylation sites is 1. The molecule has 1 aliphatic carbocycles. The van der Waals surface area contributed by atoms with Crippen molar-refractivity contribution in [1.82, 2.24) is 4.90 Å². The lowest BCUT2D eigenvalue weighted by atomic mass is 10.1. The molecule has 0 spiro atoms. The predicted octanol–water partition coefficient (Wildman–Crippen LogP) is 3.95. The SMILES string of the molecule is Cc1oc(CN(C)C(=O)[C@H]2C[C@@H]2c2ccccc2OC(F)(F)F)cc1C(=O)O. The summed E-state index contributed by atoms with van der Waals surface area (Å²) in [5.41, 5.74) is 0.368. The molecule has 1 saturated carbocycles. The number of hydrogen-bond donors (Lipinski definition) is 1. The second kappa shape index (κ2) is 7.21. The summed E-state index contributed by atoms with van der Waals surface area (Å²) in [6.45, 7) is 1.58. The molecule has 0 unspecified atom stereocenters. The molecule has 1 N–H and O–H groups in total. The van der Waals surface area contributed by atoms with Crippen molar-refractivity contribution in [1.29, 1.82) is 0 Å². The van der Waals surface area contributed by atoms with E-state index in [4.69, 9.17) is 9.52 Å². The van der Waals surface area contributed by atoms with Gasteiger partial charge >= 0.3 is 12.3 Å². The number of benzene rings is 1. The van der Waals surface area contributed by atoms with Crippen LogP contribution in [0.25, 0.3) is 0 Å². The van der Waals surface area contributed by atoms with Gasteiger partial charge in [-0.15, -0.1) is 13.2 Å². The Labute approximate surface area is 158 Å². The fraction of sp³-hybridized carbons (Fsp3) is 0.368. The van der Waals surface area contributed by atoms with Crippen molar-refractivity contribution in [3.05, 3.63) is 53.0 Å². The van der Waals surface area contributed by atoms with E-state index in [9.17, 15) is 22.8 Å². The quantitative estimate of drug-likeness (QED) is 0.799. The number of ether oxygens (including phenoxy) is 1. The lowest BCUT2D eigenvalue weighted by molar-refractivity contribution is -0.274. The zero-order valence-corrected chi connectivity index (χ0v) is 15.1. The molecule has 9 heteroatoms. The minimum atomic E-state index is -4.81. The Bertz CT molecular complexity index is 905. The number of hydrogen-bond acceptors (Lipinski definition) is 4. The van der Waals surface area contributed by atoms with Gasteiger partial charge in [-0.2, -0.15) is 0 Å². The van der Waals surface area contributed by atoms with E-state index >= 15 is 0 Å². The molecule has 1 heterocycles. The van der Waals surface area contributed by atoms with Crippen LogP contribution in [0.2, 0.25) is 0 Å². The van der Waals surface area contributed by atoms with Crippen LogP contribution < -0.4 is 4.74 Å². The number of halogens is 3. The molecule has 150 valence electrons. The molecule has 1 aliphatic rings. The van der Waals surface area contributed by atoms with Gasteiger partial charge in [-0.05, 0) is 37.0 Å². The minimum Gasteiger partial charge on any atom is -0.478 e. The summed E-state index contributed by atoms with van der Waals surface area (Å²) in [5, 5.41) is 9.06. The molecule has 1 fully saturated rings. The number of rotatable bonds is 6. The normalized spacial score (nSPS) is 18.6. The first kappa shape index (κ1) is 19.8. The number of aromatic carboxylic acids is 1. The summed E-state index contributed by atoms with van der Waals surface area (Å²) >= 11 is 0. The summed E-state index contributed by atoms with van der Waals surface area (Å²) in [4.78, 5) is 25.1. The smallest absolute Gasteiger partial charge is 0.478 e. The van der Waals surface area contributed by atoms with Crippen molar-refractivity contribution in [2.24, 2.45) is 5.92 Å². The molecular formula is C19H18F3NO5. The van der Waals surface area contributed by atoms with Crippen molar-refractivity contribution in [2.45, 2.75) is 32.2 Å². The molecule has 2 atom stereocenters. The average Bonchev–Trinajstić information content (AvgIpc) is 3.29. The second-order valence-electron chi connectivity index (χ2n) is 6.72. The number of alkyl halides is 3. The second-order valence-corrected chi connectivity index (χ2v) is 6.72. The van der Waals surface area contributed by atoms with Gasteiger partial charge in [-0.3, -0.25) is 4.79 Å². The summed E-state index contributed by atoms with van der Waals surface area (Å²) < 4.78 is 47.1. The number of carbonyl (C=O) groups excluding carboxylic acids is 1. The third-order valence-corrected chi connectivity index (χ3v) is 4.62. The molecule has 1 amide bonds. The van der Waals surface area contributed by atoms with Crippen molar-refractivity contribution >= 4 is 11.9 Å². The minimum absolute atomic E-state index is 0.0263. The topological polar surface area (TPSA) is 80.0 Å². The van der Waals surface area contributed by atoms with Gasteiger partial charge in [0.15, 0.2) is 0 Å². The van der Waals surface area contributed by atoms with E-state index in [-0.39, 0.29) is 35.4 Å². The molecule has 0 aliphatic heterocycles. The highest BCUT2D eigenvalue weighted by Crippen LogP contribution is 2.51. The monoisotopic (exact) mass is 397 g/mol. The first-order valence-corrected chi connectivity index (χ1v) is 8.49. The Balaban J connectivity index is 1.67. The fourth-order valence-electron chi connectivity index (χ4n) is 3.24. The number of furan rings is 1. The van der Waals surface area contributed by atoms with E-state index < -0.39 is 18.2 Å². The van der Waals surface area contributed by atoms with Gasteiger partial charge < -0.3 is 19.2 Å². The lowest BCUT2D eigenvalue weighted by Gasteiger charge is -2.16. The van der Waals surface area contributed by atoms with Crippen LogP contribution in [-0.2, 0) is 11.3 Å². The maximum atomic E-state index is 12.6. The van der Waals surface area contributed by atoms with Crippen LogP contribution in [0.4, 0.5) is 13.2 Å². The highest BCUT2D eigenvalue weighted by atomic mass is 19.4. The van der Waals surface area contributed by atoms with Gasteiger partial charge in [0.1, 0.15) is 22.8 Å². The summed E-state index contributed by atoms with van der Waals surface area (Å²) in [7, 11) is 1.54. The number of carboxylic acids is 1. The van der Waals surface area contributed by atoms with Crippen molar-refractivity contribution in [2.75, 3.05) is 7.05 Å². The van der Waals surface area contributed by atoms with Crippen molar-refractivity contribution in [3.63, 3.8) is 0 Å². The molecule has 1 aromatic heterocycles. The molecular weight excluding hydrogens is 379 g/mol. The van der Waals surface area contributed by atoms with Crippen LogP contribution in [0.3, 0.4) is 0 Å². The summed E-state index contributed by atoms with van der Waals surface area (Å²) in [6, 6.07) is 7.15. The maximum absolute atomic E-state index is 12.6. The van der Waals surface area contributed by atoms with E-state index in [1.54, 1.807) is 6.07 Å². The summed E-state index contributed by atoms with van der Waals surface area (Å²) in [5.74, 6) is -1.93. The maximum Gasteiger partial charge on any atom is 0.573 e. The molecule has 0 radical (unpaired) electrons. The Morgan fingerprint density at radius 1 is 1.32 bits per heavy atom. The Morgan fingerprint density at radius 2 is 2.00 bits per heavy atom. The average molecular weight is 397 g/mol. The number of amides is 1. The van der Waals surface area contributed by atoms with E-state index in [1.165, 1.54) is 43.1 Å². The number of aryl methyl sites for hydroxylation is 1. The van der Waals surface area contributed by atoms with Gasteiger partial charge in [0, 0.05) is 13.0 Å². The molecule has 6 nitrogen and oxygen atoms in total. The molecule has 3 rings (SSSR count). The third kappa shape index (κ3) is 4.29. The predicted molar refractivity (Wildman–Crippen MR) is 90.9 cm³/mol. The van der Waals surface area contributed by atoms with Gasteiger partial charge in [-0.1, -0.05) is 18.2 Å². The Kier molecular flexibility index (Phi) is 5.10. The number of carboxylic acid groups (broad SMARTS) is 1. The van der Waals surface area contributed by atoms with Crippen LogP contribution in [0.5, 0.6) is 5.75 Å². The molecule has 1 aromatic carbocycles. The third-order valence-electron chi connectivity index (χ3n) is 4.62. The van der Waals surface area contributed by atoms with Gasteiger partial charge in [0.05, 0.1) is 6.54 Å². The lowest BCUT2D eigenvalue weighted by Crippen LogP contribution is -2.28. The number of nitrogens with zero attached hydrogens (tertiary/aromatic N) is 1. The van der Waals surface area contributed by atoms with Crippen molar-refractivity contribution < 1.29 is 37.0 Å². The number of carbonyl (C=O) groups is 2.